The number of nitrogens with one attached hydrogen (secondary N) is 2. The highest BCUT2D eigenvalue weighted by Gasteiger charge is 2.40. The quantitative estimate of drug-likeness (QED) is 0.772. The van der Waals surface area contributed by atoms with E-state index in [4.69, 9.17) is 0 Å². The number of hydrogen-bond acceptors (Lipinski definition) is 4. The Balaban J connectivity index is 2.22. The van der Waals surface area contributed by atoms with E-state index in [-0.39, 0.29) is 5.82 Å². The van der Waals surface area contributed by atoms with Crippen LogP contribution in [-0.2, 0) is 0 Å². The molecular weight excluding hydrogens is 290 g/mol. The third-order valence-corrected chi connectivity index (χ3v) is 2.74. The topological polar surface area (TPSA) is 54.2 Å². The molecule has 2 aromatic rings. The number of nitrogens with zero attached hydrogens (tertiary/aromatic N) is 3. The molecule has 0 fully saturated rings. The number of anilines is 2. The first kappa shape index (κ1) is 15.3. The molecule has 2 heterocycles. The fraction of sp³-hybridized carbons (Fsp3) is 0.500. The number of imidazole rings is 1. The Kier molecular flexibility index (Phi) is 4.49. The second kappa shape index (κ2) is 6.15. The predicted octanol–water partition coefficient (Wildman–Crippen LogP) is 2.86. The van der Waals surface area contributed by atoms with E-state index in [1.807, 2.05) is 6.92 Å². The molecule has 9 heteroatoms. The summed E-state index contributed by atoms with van der Waals surface area (Å²) in [4.78, 5) is 8.05. The summed E-state index contributed by atoms with van der Waals surface area (Å²) in [6.45, 7) is 1.41. The highest BCUT2D eigenvalue weighted by atomic mass is 19.3. The van der Waals surface area contributed by atoms with Crippen molar-refractivity contribution in [2.75, 3.05) is 23.7 Å². The van der Waals surface area contributed by atoms with E-state index in [0.29, 0.717) is 18.0 Å². The minimum absolute atomic E-state index is 0.0291. The third kappa shape index (κ3) is 3.53. The van der Waals surface area contributed by atoms with Crippen molar-refractivity contribution in [3.05, 3.63) is 18.6 Å². The van der Waals surface area contributed by atoms with Gasteiger partial charge < -0.3 is 15.0 Å². The van der Waals surface area contributed by atoms with Crippen LogP contribution in [-0.4, -0.2) is 39.8 Å². The molecule has 21 heavy (non-hydrogen) atoms. The molecule has 0 unspecified atom stereocenters. The average molecular weight is 305 g/mol. The van der Waals surface area contributed by atoms with Crippen LogP contribution in [0.5, 0.6) is 0 Å². The fourth-order valence-electron chi connectivity index (χ4n) is 1.67. The van der Waals surface area contributed by atoms with Crippen molar-refractivity contribution in [1.29, 1.82) is 0 Å². The number of aromatic nitrogens is 3. The summed E-state index contributed by atoms with van der Waals surface area (Å²) in [6, 6.07) is 0. The van der Waals surface area contributed by atoms with Crippen molar-refractivity contribution in [2.24, 2.45) is 0 Å². The van der Waals surface area contributed by atoms with Gasteiger partial charge in [0.1, 0.15) is 5.82 Å². The molecule has 0 aliphatic heterocycles. The molecule has 2 rings (SSSR count). The van der Waals surface area contributed by atoms with E-state index in [2.05, 4.69) is 20.6 Å². The minimum Gasteiger partial charge on any atom is -0.369 e. The van der Waals surface area contributed by atoms with Gasteiger partial charge in [-0.1, -0.05) is 6.92 Å². The Morgan fingerprint density at radius 2 is 2.10 bits per heavy atom. The molecule has 0 bridgehead atoms. The molecule has 0 aliphatic carbocycles. The Labute approximate surface area is 118 Å². The smallest absolute Gasteiger partial charge is 0.324 e. The molecule has 5 nitrogen and oxygen atoms in total. The lowest BCUT2D eigenvalue weighted by molar-refractivity contribution is -0.117. The fourth-order valence-corrected chi connectivity index (χ4v) is 1.67. The molecule has 2 N–H and O–H groups in total. The summed E-state index contributed by atoms with van der Waals surface area (Å²) in [5.74, 6) is -3.65. The van der Waals surface area contributed by atoms with Crippen LogP contribution in [0.2, 0.25) is 0 Å². The first-order valence-electron chi connectivity index (χ1n) is 6.41. The molecule has 0 aromatic carbocycles. The van der Waals surface area contributed by atoms with Gasteiger partial charge in [0.05, 0.1) is 12.7 Å². The third-order valence-electron chi connectivity index (χ3n) is 2.74. The van der Waals surface area contributed by atoms with E-state index in [1.54, 1.807) is 16.8 Å². The summed E-state index contributed by atoms with van der Waals surface area (Å²) in [5, 5.41) is 5.25. The monoisotopic (exact) mass is 305 g/mol. The van der Waals surface area contributed by atoms with Gasteiger partial charge in [0.15, 0.2) is 11.5 Å². The lowest BCUT2D eigenvalue weighted by Gasteiger charge is -2.17. The number of fused-ring (bicyclic) bond motifs is 1. The van der Waals surface area contributed by atoms with E-state index < -0.39 is 18.9 Å². The van der Waals surface area contributed by atoms with Crippen LogP contribution < -0.4 is 10.6 Å². The molecule has 0 amide bonds. The van der Waals surface area contributed by atoms with Crippen molar-refractivity contribution in [1.82, 2.24) is 14.4 Å². The summed E-state index contributed by atoms with van der Waals surface area (Å²) in [5.41, 5.74) is 0.294. The summed E-state index contributed by atoms with van der Waals surface area (Å²) in [6.07, 6.45) is 1.86. The maximum absolute atomic E-state index is 13.0. The molecule has 0 saturated heterocycles. The Morgan fingerprint density at radius 1 is 1.33 bits per heavy atom. The van der Waals surface area contributed by atoms with E-state index in [9.17, 15) is 17.6 Å². The van der Waals surface area contributed by atoms with Crippen molar-refractivity contribution in [2.45, 2.75) is 25.7 Å². The Hall–Kier alpha value is -2.06. The SMILES string of the molecule is CCCNc1cn2ccnc2c(NCC(F)(F)C(F)F)n1. The average Bonchev–Trinajstić information content (AvgIpc) is 2.90. The highest BCUT2D eigenvalue weighted by Crippen LogP contribution is 2.24. The second-order valence-electron chi connectivity index (χ2n) is 4.47. The van der Waals surface area contributed by atoms with Crippen molar-refractivity contribution < 1.29 is 17.6 Å². The van der Waals surface area contributed by atoms with Crippen LogP contribution in [0.3, 0.4) is 0 Å². The Bertz CT molecular complexity index is 598. The van der Waals surface area contributed by atoms with Gasteiger partial charge in [-0.25, -0.2) is 18.7 Å². The summed E-state index contributed by atoms with van der Waals surface area (Å²) < 4.78 is 51.9. The molecule has 116 valence electrons. The van der Waals surface area contributed by atoms with E-state index in [0.717, 1.165) is 6.42 Å². The normalized spacial score (nSPS) is 12.1. The maximum atomic E-state index is 13.0. The summed E-state index contributed by atoms with van der Waals surface area (Å²) >= 11 is 0. The van der Waals surface area contributed by atoms with E-state index >= 15 is 0 Å². The minimum atomic E-state index is -4.13. The summed E-state index contributed by atoms with van der Waals surface area (Å²) in [7, 11) is 0. The molecular formula is C12H15F4N5. The number of alkyl halides is 4. The number of rotatable bonds is 7. The van der Waals surface area contributed by atoms with Gasteiger partial charge in [0.25, 0.3) is 0 Å². The van der Waals surface area contributed by atoms with Crippen molar-refractivity contribution in [3.8, 4) is 0 Å². The zero-order valence-electron chi connectivity index (χ0n) is 11.3. The van der Waals surface area contributed by atoms with Gasteiger partial charge >= 0.3 is 12.3 Å². The number of halogens is 4. The van der Waals surface area contributed by atoms with E-state index in [1.165, 1.54) is 6.20 Å². The van der Waals surface area contributed by atoms with Crippen LogP contribution in [0.25, 0.3) is 5.65 Å². The second-order valence-corrected chi connectivity index (χ2v) is 4.47. The highest BCUT2D eigenvalue weighted by molar-refractivity contribution is 5.65. The first-order valence-corrected chi connectivity index (χ1v) is 6.41. The van der Waals surface area contributed by atoms with Crippen LogP contribution in [0.15, 0.2) is 18.6 Å². The zero-order chi connectivity index (χ0) is 15.5. The molecule has 0 saturated carbocycles. The predicted molar refractivity (Wildman–Crippen MR) is 71.2 cm³/mol. The molecule has 2 aromatic heterocycles. The van der Waals surface area contributed by atoms with Crippen LogP contribution in [0, 0.1) is 0 Å². The van der Waals surface area contributed by atoms with Gasteiger partial charge in [-0.2, -0.15) is 8.78 Å². The van der Waals surface area contributed by atoms with Gasteiger partial charge in [-0.15, -0.1) is 0 Å². The van der Waals surface area contributed by atoms with Crippen LogP contribution >= 0.6 is 0 Å². The largest absolute Gasteiger partial charge is 0.369 e. The Morgan fingerprint density at radius 3 is 2.76 bits per heavy atom. The van der Waals surface area contributed by atoms with Crippen molar-refractivity contribution >= 4 is 17.3 Å². The van der Waals surface area contributed by atoms with Crippen LogP contribution in [0.4, 0.5) is 29.2 Å². The lowest BCUT2D eigenvalue weighted by Crippen LogP contribution is -2.35. The van der Waals surface area contributed by atoms with Gasteiger partial charge in [0.2, 0.25) is 0 Å². The maximum Gasteiger partial charge on any atom is 0.324 e. The standard InChI is InChI=1S/C12H15F4N5/c1-2-3-17-8-6-21-5-4-18-10(21)9(20-8)19-7-12(15,16)11(13)14/h4-6,11,17H,2-3,7H2,1H3,(H,19,20). The first-order chi connectivity index (χ1) is 9.94. The zero-order valence-corrected chi connectivity index (χ0v) is 11.3. The number of hydrogen-bond donors (Lipinski definition) is 2. The van der Waals surface area contributed by atoms with Crippen LogP contribution in [0.1, 0.15) is 13.3 Å². The molecule has 0 atom stereocenters. The molecule has 0 aliphatic rings. The van der Waals surface area contributed by atoms with Gasteiger partial charge in [-0.3, -0.25) is 0 Å². The van der Waals surface area contributed by atoms with Gasteiger partial charge in [-0.05, 0) is 6.42 Å². The molecule has 0 radical (unpaired) electrons. The molecule has 0 spiro atoms. The van der Waals surface area contributed by atoms with Gasteiger partial charge in [0, 0.05) is 18.9 Å². The van der Waals surface area contributed by atoms with Crippen molar-refractivity contribution in [3.63, 3.8) is 0 Å². The lowest BCUT2D eigenvalue weighted by atomic mass is 10.3.